The zero-order valence-electron chi connectivity index (χ0n) is 18.4. The van der Waals surface area contributed by atoms with E-state index in [2.05, 4.69) is 15.3 Å². The molecular formula is C23H29N5O5. The van der Waals surface area contributed by atoms with Gasteiger partial charge in [-0.1, -0.05) is 12.1 Å². The topological polar surface area (TPSA) is 128 Å². The van der Waals surface area contributed by atoms with Crippen LogP contribution in [0, 0.1) is 11.8 Å². The van der Waals surface area contributed by atoms with Crippen molar-refractivity contribution in [3.05, 3.63) is 30.1 Å². The molecule has 1 saturated carbocycles. The van der Waals surface area contributed by atoms with Crippen molar-refractivity contribution < 1.29 is 24.2 Å². The smallest absolute Gasteiger partial charge is 0.407 e. The van der Waals surface area contributed by atoms with Gasteiger partial charge in [-0.2, -0.15) is 0 Å². The summed E-state index contributed by atoms with van der Waals surface area (Å²) in [5, 5.41) is 13.1. The van der Waals surface area contributed by atoms with Crippen molar-refractivity contribution in [2.45, 2.75) is 31.3 Å². The van der Waals surface area contributed by atoms with E-state index in [1.165, 1.54) is 4.90 Å². The third-order valence-corrected chi connectivity index (χ3v) is 6.81. The van der Waals surface area contributed by atoms with E-state index in [-0.39, 0.29) is 36.7 Å². The first-order valence-corrected chi connectivity index (χ1v) is 11.6. The number of piperidine rings is 1. The van der Waals surface area contributed by atoms with Crippen LogP contribution in [0.5, 0.6) is 0 Å². The molecule has 3 aliphatic rings. The van der Waals surface area contributed by atoms with Gasteiger partial charge in [-0.3, -0.25) is 9.59 Å². The van der Waals surface area contributed by atoms with Crippen LogP contribution < -0.4 is 5.32 Å². The number of amides is 2. The van der Waals surface area contributed by atoms with Gasteiger partial charge in [0.25, 0.3) is 0 Å². The number of para-hydroxylation sites is 2. The molecule has 0 radical (unpaired) electrons. The fourth-order valence-corrected chi connectivity index (χ4v) is 4.92. The molecule has 0 spiro atoms. The first kappa shape index (κ1) is 21.8. The van der Waals surface area contributed by atoms with Crippen molar-refractivity contribution >= 4 is 28.8 Å². The standard InChI is InChI=1S/C23H29N5O5/c29-20(21-25-17-3-1-2-4-18(17)26-21)19(14-5-6-14)24-16-11-15(12-28(13-16)23(31)32)22(30)27-7-9-33-10-8-27/h1-4,14-16,19,24H,5-13H2,(H,25,26)(H,31,32)/t15-,16+,19?/m1/s1. The summed E-state index contributed by atoms with van der Waals surface area (Å²) in [4.78, 5) is 48.9. The van der Waals surface area contributed by atoms with Gasteiger partial charge in [-0.15, -0.1) is 0 Å². The number of carboxylic acid groups (broad SMARTS) is 1. The fraction of sp³-hybridized carbons (Fsp3) is 0.565. The minimum atomic E-state index is -1.05. The molecule has 1 aromatic heterocycles. The Kier molecular flexibility index (Phi) is 6.03. The maximum atomic E-state index is 13.4. The quantitative estimate of drug-likeness (QED) is 0.561. The average Bonchev–Trinajstić information content (AvgIpc) is 3.59. The number of benzene rings is 1. The Morgan fingerprint density at radius 1 is 1.12 bits per heavy atom. The second-order valence-corrected chi connectivity index (χ2v) is 9.20. The van der Waals surface area contributed by atoms with Crippen LogP contribution in [0.3, 0.4) is 0 Å². The molecule has 2 saturated heterocycles. The highest BCUT2D eigenvalue weighted by Crippen LogP contribution is 2.35. The van der Waals surface area contributed by atoms with Crippen LogP contribution in [-0.2, 0) is 9.53 Å². The number of aromatic amines is 1. The van der Waals surface area contributed by atoms with Gasteiger partial charge in [-0.05, 0) is 37.3 Å². The molecule has 176 valence electrons. The average molecular weight is 456 g/mol. The molecule has 1 aliphatic carbocycles. The predicted molar refractivity (Wildman–Crippen MR) is 119 cm³/mol. The highest BCUT2D eigenvalue weighted by Gasteiger charge is 2.42. The van der Waals surface area contributed by atoms with E-state index in [9.17, 15) is 19.5 Å². The van der Waals surface area contributed by atoms with E-state index in [0.717, 1.165) is 23.9 Å². The van der Waals surface area contributed by atoms with E-state index >= 15 is 0 Å². The number of Topliss-reactive ketones (excluding diaryl/α,β-unsaturated/α-hetero) is 1. The molecule has 1 unspecified atom stereocenters. The molecule has 2 amide bonds. The Bertz CT molecular complexity index is 1010. The molecule has 5 rings (SSSR count). The Hall–Kier alpha value is -2.98. The summed E-state index contributed by atoms with van der Waals surface area (Å²) in [6.45, 7) is 2.47. The van der Waals surface area contributed by atoms with Crippen LogP contribution in [0.1, 0.15) is 29.9 Å². The molecule has 33 heavy (non-hydrogen) atoms. The molecule has 2 aliphatic heterocycles. The summed E-state index contributed by atoms with van der Waals surface area (Å²) >= 11 is 0. The summed E-state index contributed by atoms with van der Waals surface area (Å²) < 4.78 is 5.34. The molecule has 3 heterocycles. The van der Waals surface area contributed by atoms with Crippen LogP contribution in [0.25, 0.3) is 11.0 Å². The van der Waals surface area contributed by atoms with Crippen molar-refractivity contribution in [2.24, 2.45) is 11.8 Å². The molecule has 10 heteroatoms. The third-order valence-electron chi connectivity index (χ3n) is 6.81. The normalized spacial score (nSPS) is 24.6. The van der Waals surface area contributed by atoms with Gasteiger partial charge in [0.05, 0.1) is 36.2 Å². The van der Waals surface area contributed by atoms with Crippen LogP contribution in [0.4, 0.5) is 4.79 Å². The molecule has 3 atom stereocenters. The number of ketones is 1. The first-order chi connectivity index (χ1) is 16.0. The van der Waals surface area contributed by atoms with Gasteiger partial charge in [0, 0.05) is 32.2 Å². The maximum absolute atomic E-state index is 13.4. The number of ether oxygens (including phenoxy) is 1. The van der Waals surface area contributed by atoms with Crippen LogP contribution in [0.15, 0.2) is 24.3 Å². The lowest BCUT2D eigenvalue weighted by atomic mass is 9.91. The van der Waals surface area contributed by atoms with E-state index < -0.39 is 18.1 Å². The van der Waals surface area contributed by atoms with Crippen LogP contribution in [0.2, 0.25) is 0 Å². The number of nitrogens with zero attached hydrogens (tertiary/aromatic N) is 3. The Morgan fingerprint density at radius 2 is 1.88 bits per heavy atom. The fourth-order valence-electron chi connectivity index (χ4n) is 4.92. The molecule has 3 N–H and O–H groups in total. The third kappa shape index (κ3) is 4.72. The van der Waals surface area contributed by atoms with Gasteiger partial charge >= 0.3 is 6.09 Å². The monoisotopic (exact) mass is 455 g/mol. The highest BCUT2D eigenvalue weighted by molar-refractivity contribution is 5.99. The number of nitrogens with one attached hydrogen (secondary N) is 2. The number of rotatable bonds is 6. The number of aromatic nitrogens is 2. The molecule has 2 aromatic rings. The summed E-state index contributed by atoms with van der Waals surface area (Å²) in [5.41, 5.74) is 1.54. The summed E-state index contributed by atoms with van der Waals surface area (Å²) in [6, 6.07) is 6.76. The van der Waals surface area contributed by atoms with Crippen molar-refractivity contribution in [3.63, 3.8) is 0 Å². The number of imidazole rings is 1. The number of morpholine rings is 1. The predicted octanol–water partition coefficient (Wildman–Crippen LogP) is 1.34. The lowest BCUT2D eigenvalue weighted by molar-refractivity contribution is -0.141. The number of H-pyrrole nitrogens is 1. The minimum Gasteiger partial charge on any atom is -0.465 e. The van der Waals surface area contributed by atoms with Gasteiger partial charge in [0.1, 0.15) is 0 Å². The van der Waals surface area contributed by atoms with Crippen molar-refractivity contribution in [1.82, 2.24) is 25.1 Å². The van der Waals surface area contributed by atoms with Crippen LogP contribution >= 0.6 is 0 Å². The molecule has 3 fully saturated rings. The summed E-state index contributed by atoms with van der Waals surface area (Å²) in [6.07, 6.45) is 1.33. The molecule has 10 nitrogen and oxygen atoms in total. The summed E-state index contributed by atoms with van der Waals surface area (Å²) in [7, 11) is 0. The second-order valence-electron chi connectivity index (χ2n) is 9.20. The van der Waals surface area contributed by atoms with Gasteiger partial charge in [-0.25, -0.2) is 9.78 Å². The van der Waals surface area contributed by atoms with E-state index in [4.69, 9.17) is 4.74 Å². The van der Waals surface area contributed by atoms with E-state index in [1.54, 1.807) is 4.90 Å². The molecular weight excluding hydrogens is 426 g/mol. The number of fused-ring (bicyclic) bond motifs is 1. The number of carbonyl (C=O) groups excluding carboxylic acids is 2. The number of likely N-dealkylation sites (tertiary alicyclic amines) is 1. The van der Waals surface area contributed by atoms with Gasteiger partial charge in [0.2, 0.25) is 11.7 Å². The molecule has 1 aromatic carbocycles. The van der Waals surface area contributed by atoms with Gasteiger partial charge in [0.15, 0.2) is 5.82 Å². The largest absolute Gasteiger partial charge is 0.465 e. The zero-order valence-corrected chi connectivity index (χ0v) is 18.4. The highest BCUT2D eigenvalue weighted by atomic mass is 16.5. The van der Waals surface area contributed by atoms with Crippen molar-refractivity contribution in [3.8, 4) is 0 Å². The second kappa shape index (κ2) is 9.11. The Morgan fingerprint density at radius 3 is 2.58 bits per heavy atom. The maximum Gasteiger partial charge on any atom is 0.407 e. The zero-order chi connectivity index (χ0) is 22.9. The van der Waals surface area contributed by atoms with E-state index in [1.807, 2.05) is 24.3 Å². The minimum absolute atomic E-state index is 0.0392. The number of hydrogen-bond donors (Lipinski definition) is 3. The van der Waals surface area contributed by atoms with Crippen molar-refractivity contribution in [1.29, 1.82) is 0 Å². The molecule has 0 bridgehead atoms. The lowest BCUT2D eigenvalue weighted by Crippen LogP contribution is -2.58. The SMILES string of the molecule is O=C(c1nc2ccccc2[nH]1)C(N[C@H]1C[C@@H](C(=O)N2CCOCC2)CN(C(=O)O)C1)C1CC1. The van der Waals surface area contributed by atoms with E-state index in [0.29, 0.717) is 38.5 Å². The number of carbonyl (C=O) groups is 3. The lowest BCUT2D eigenvalue weighted by Gasteiger charge is -2.39. The Balaban J connectivity index is 1.32. The van der Waals surface area contributed by atoms with Crippen LogP contribution in [-0.4, -0.2) is 94.1 Å². The number of hydrogen-bond acceptors (Lipinski definition) is 6. The van der Waals surface area contributed by atoms with Gasteiger partial charge < -0.3 is 29.9 Å². The Labute approximate surface area is 191 Å². The first-order valence-electron chi connectivity index (χ1n) is 11.6. The van der Waals surface area contributed by atoms with Crippen molar-refractivity contribution in [2.75, 3.05) is 39.4 Å². The summed E-state index contributed by atoms with van der Waals surface area (Å²) in [5.74, 6) is -0.0850.